The van der Waals surface area contributed by atoms with Gasteiger partial charge in [0.1, 0.15) is 5.69 Å². The normalized spacial score (nSPS) is 10.8. The van der Waals surface area contributed by atoms with Crippen molar-refractivity contribution in [1.82, 2.24) is 9.78 Å². The maximum Gasteiger partial charge on any atom is 0.337 e. The first-order valence-electron chi connectivity index (χ1n) is 6.67. The van der Waals surface area contributed by atoms with Crippen LogP contribution in [0, 0.1) is 0 Å². The molecule has 0 unspecified atom stereocenters. The Morgan fingerprint density at radius 1 is 1.32 bits per heavy atom. The smallest absolute Gasteiger partial charge is 0.337 e. The van der Waals surface area contributed by atoms with Gasteiger partial charge in [0.05, 0.1) is 16.3 Å². The van der Waals surface area contributed by atoms with E-state index in [1.807, 2.05) is 13.8 Å². The van der Waals surface area contributed by atoms with Crippen LogP contribution in [0.1, 0.15) is 46.3 Å². The summed E-state index contributed by atoms with van der Waals surface area (Å²) in [5.41, 5.74) is 1.66. The van der Waals surface area contributed by atoms with E-state index in [1.54, 1.807) is 13.1 Å². The fraction of sp³-hybridized carbons (Fsp3) is 0.267. The van der Waals surface area contributed by atoms with E-state index in [4.69, 9.17) is 16.7 Å². The van der Waals surface area contributed by atoms with Crippen molar-refractivity contribution in [2.75, 3.05) is 5.32 Å². The van der Waals surface area contributed by atoms with Crippen LogP contribution in [0.25, 0.3) is 0 Å². The van der Waals surface area contributed by atoms with Crippen LogP contribution in [0.3, 0.4) is 0 Å². The summed E-state index contributed by atoms with van der Waals surface area (Å²) in [5.74, 6) is -1.23. The number of carboxylic acid groups (broad SMARTS) is 1. The van der Waals surface area contributed by atoms with Crippen LogP contribution in [0.15, 0.2) is 24.3 Å². The van der Waals surface area contributed by atoms with Crippen molar-refractivity contribution >= 4 is 29.2 Å². The highest BCUT2D eigenvalue weighted by atomic mass is 35.5. The molecule has 116 valence electrons. The van der Waals surface area contributed by atoms with Crippen molar-refractivity contribution in [2.24, 2.45) is 7.05 Å². The van der Waals surface area contributed by atoms with Crippen LogP contribution in [0.2, 0.25) is 5.02 Å². The molecule has 0 saturated carbocycles. The molecule has 1 amide bonds. The predicted molar refractivity (Wildman–Crippen MR) is 83.7 cm³/mol. The van der Waals surface area contributed by atoms with Gasteiger partial charge >= 0.3 is 5.97 Å². The number of aryl methyl sites for hydroxylation is 1. The fourth-order valence-corrected chi connectivity index (χ4v) is 2.21. The van der Waals surface area contributed by atoms with Crippen molar-refractivity contribution in [3.8, 4) is 0 Å². The molecule has 0 saturated heterocycles. The molecule has 2 rings (SSSR count). The number of hydrogen-bond acceptors (Lipinski definition) is 3. The summed E-state index contributed by atoms with van der Waals surface area (Å²) < 4.78 is 1.51. The molecule has 0 aliphatic rings. The van der Waals surface area contributed by atoms with E-state index in [0.717, 1.165) is 5.69 Å². The van der Waals surface area contributed by atoms with Gasteiger partial charge in [-0.2, -0.15) is 5.10 Å². The summed E-state index contributed by atoms with van der Waals surface area (Å²) in [7, 11) is 1.70. The molecule has 1 aromatic heterocycles. The molecular formula is C15H16ClN3O3. The maximum atomic E-state index is 12.3. The van der Waals surface area contributed by atoms with E-state index in [0.29, 0.717) is 11.4 Å². The van der Waals surface area contributed by atoms with Crippen LogP contribution < -0.4 is 5.32 Å². The monoisotopic (exact) mass is 321 g/mol. The van der Waals surface area contributed by atoms with E-state index in [9.17, 15) is 9.59 Å². The van der Waals surface area contributed by atoms with Gasteiger partial charge in [-0.3, -0.25) is 9.48 Å². The molecule has 2 aromatic rings. The first-order chi connectivity index (χ1) is 10.3. The standard InChI is InChI=1S/C15H16ClN3O3/c1-8(2)12-7-13(19(3)18-12)14(20)17-9-4-5-10(15(21)22)11(16)6-9/h4-8H,1-3H3,(H,17,20)(H,21,22). The van der Waals surface area contributed by atoms with Crippen molar-refractivity contribution in [3.05, 3.63) is 46.2 Å². The Bertz CT molecular complexity index is 738. The number of carbonyl (C=O) groups is 2. The minimum absolute atomic E-state index is 0.0118. The summed E-state index contributed by atoms with van der Waals surface area (Å²) in [6.45, 7) is 3.99. The molecule has 6 nitrogen and oxygen atoms in total. The zero-order valence-electron chi connectivity index (χ0n) is 12.4. The summed E-state index contributed by atoms with van der Waals surface area (Å²) in [4.78, 5) is 23.2. The van der Waals surface area contributed by atoms with Gasteiger partial charge in [-0.1, -0.05) is 25.4 Å². The van der Waals surface area contributed by atoms with E-state index < -0.39 is 5.97 Å². The number of nitrogens with one attached hydrogen (secondary N) is 1. The van der Waals surface area contributed by atoms with Gasteiger partial charge in [-0.15, -0.1) is 0 Å². The molecule has 22 heavy (non-hydrogen) atoms. The first kappa shape index (κ1) is 16.0. The van der Waals surface area contributed by atoms with Gasteiger partial charge in [-0.05, 0) is 30.2 Å². The van der Waals surface area contributed by atoms with E-state index in [1.165, 1.54) is 22.9 Å². The lowest BCUT2D eigenvalue weighted by Gasteiger charge is -2.07. The van der Waals surface area contributed by atoms with Crippen molar-refractivity contribution in [2.45, 2.75) is 19.8 Å². The zero-order chi connectivity index (χ0) is 16.4. The molecule has 2 N–H and O–H groups in total. The molecule has 0 atom stereocenters. The molecule has 1 heterocycles. The number of carbonyl (C=O) groups excluding carboxylic acids is 1. The SMILES string of the molecule is CC(C)c1cc(C(=O)Nc2ccc(C(=O)O)c(Cl)c2)n(C)n1. The lowest BCUT2D eigenvalue weighted by molar-refractivity contribution is 0.0697. The Labute approximate surface area is 132 Å². The zero-order valence-corrected chi connectivity index (χ0v) is 13.2. The second kappa shape index (κ2) is 6.19. The Balaban J connectivity index is 2.22. The number of benzene rings is 1. The van der Waals surface area contributed by atoms with Gasteiger partial charge in [0.2, 0.25) is 0 Å². The number of amides is 1. The number of carboxylic acids is 1. The molecule has 0 aliphatic carbocycles. The largest absolute Gasteiger partial charge is 0.478 e. The Kier molecular flexibility index (Phi) is 4.51. The number of aromatic nitrogens is 2. The van der Waals surface area contributed by atoms with Crippen LogP contribution >= 0.6 is 11.6 Å². The lowest BCUT2D eigenvalue weighted by atomic mass is 10.1. The molecule has 0 radical (unpaired) electrons. The summed E-state index contributed by atoms with van der Waals surface area (Å²) >= 11 is 5.88. The number of rotatable bonds is 4. The lowest BCUT2D eigenvalue weighted by Crippen LogP contribution is -2.16. The summed E-state index contributed by atoms with van der Waals surface area (Å²) in [6.07, 6.45) is 0. The van der Waals surface area contributed by atoms with E-state index >= 15 is 0 Å². The van der Waals surface area contributed by atoms with Gasteiger partial charge in [0, 0.05) is 12.7 Å². The van der Waals surface area contributed by atoms with Crippen molar-refractivity contribution < 1.29 is 14.7 Å². The number of nitrogens with zero attached hydrogens (tertiary/aromatic N) is 2. The first-order valence-corrected chi connectivity index (χ1v) is 7.05. The minimum atomic E-state index is -1.11. The molecular weight excluding hydrogens is 306 g/mol. The van der Waals surface area contributed by atoms with Crippen LogP contribution in [-0.4, -0.2) is 26.8 Å². The summed E-state index contributed by atoms with van der Waals surface area (Å²) in [5, 5.41) is 16.0. The highest BCUT2D eigenvalue weighted by Gasteiger charge is 2.16. The molecule has 7 heteroatoms. The Morgan fingerprint density at radius 2 is 2.00 bits per heavy atom. The third-order valence-corrected chi connectivity index (χ3v) is 3.49. The van der Waals surface area contributed by atoms with E-state index in [-0.39, 0.29) is 22.4 Å². The molecule has 1 aromatic carbocycles. The third-order valence-electron chi connectivity index (χ3n) is 3.18. The second-order valence-corrected chi connectivity index (χ2v) is 5.59. The summed E-state index contributed by atoms with van der Waals surface area (Å²) in [6, 6.07) is 5.98. The predicted octanol–water partition coefficient (Wildman–Crippen LogP) is 3.15. The van der Waals surface area contributed by atoms with Gasteiger partial charge in [-0.25, -0.2) is 4.79 Å². The highest BCUT2D eigenvalue weighted by molar-refractivity contribution is 6.33. The minimum Gasteiger partial charge on any atom is -0.478 e. The second-order valence-electron chi connectivity index (χ2n) is 5.19. The quantitative estimate of drug-likeness (QED) is 0.906. The maximum absolute atomic E-state index is 12.3. The molecule has 0 bridgehead atoms. The number of hydrogen-bond donors (Lipinski definition) is 2. The molecule has 0 fully saturated rings. The van der Waals surface area contributed by atoms with Gasteiger partial charge in [0.15, 0.2) is 0 Å². The average Bonchev–Trinajstić information content (AvgIpc) is 2.80. The van der Waals surface area contributed by atoms with Crippen LogP contribution in [0.4, 0.5) is 5.69 Å². The van der Waals surface area contributed by atoms with Crippen LogP contribution in [0.5, 0.6) is 0 Å². The Morgan fingerprint density at radius 3 is 2.50 bits per heavy atom. The fourth-order valence-electron chi connectivity index (χ4n) is 1.95. The van der Waals surface area contributed by atoms with Gasteiger partial charge in [0.25, 0.3) is 5.91 Å². The third kappa shape index (κ3) is 3.28. The number of anilines is 1. The Hall–Kier alpha value is -2.34. The highest BCUT2D eigenvalue weighted by Crippen LogP contribution is 2.22. The average molecular weight is 322 g/mol. The topological polar surface area (TPSA) is 84.2 Å². The molecule has 0 spiro atoms. The van der Waals surface area contributed by atoms with Crippen molar-refractivity contribution in [1.29, 1.82) is 0 Å². The number of aromatic carboxylic acids is 1. The molecule has 0 aliphatic heterocycles. The number of halogens is 1. The van der Waals surface area contributed by atoms with Crippen LogP contribution in [-0.2, 0) is 7.05 Å². The van der Waals surface area contributed by atoms with Gasteiger partial charge < -0.3 is 10.4 Å². The van der Waals surface area contributed by atoms with Crippen molar-refractivity contribution in [3.63, 3.8) is 0 Å². The van der Waals surface area contributed by atoms with E-state index in [2.05, 4.69) is 10.4 Å².